The van der Waals surface area contributed by atoms with Gasteiger partial charge in [0.1, 0.15) is 0 Å². The topological polar surface area (TPSA) is 78.5 Å². The van der Waals surface area contributed by atoms with Crippen LogP contribution in [0.25, 0.3) is 0 Å². The van der Waals surface area contributed by atoms with Crippen LogP contribution in [0.2, 0.25) is 0 Å². The van der Waals surface area contributed by atoms with Crippen LogP contribution in [-0.2, 0) is 0 Å². The van der Waals surface area contributed by atoms with Crippen LogP contribution in [0.15, 0.2) is 48.5 Å². The minimum Gasteiger partial charge on any atom is -0.423 e. The van der Waals surface area contributed by atoms with Crippen molar-refractivity contribution in [3.63, 3.8) is 0 Å². The van der Waals surface area contributed by atoms with E-state index in [1.807, 2.05) is 18.2 Å². The molecule has 0 radical (unpaired) electrons. The van der Waals surface area contributed by atoms with E-state index in [9.17, 15) is 0 Å². The summed E-state index contributed by atoms with van der Waals surface area (Å²) in [5.41, 5.74) is 8.43. The Bertz CT molecular complexity index is 500. The highest BCUT2D eigenvalue weighted by Gasteiger charge is 2.10. The van der Waals surface area contributed by atoms with Gasteiger partial charge in [0.05, 0.1) is 0 Å². The summed E-state index contributed by atoms with van der Waals surface area (Å²) in [4.78, 5) is 0. The molecule has 0 aliphatic rings. The van der Waals surface area contributed by atoms with E-state index in [0.717, 1.165) is 11.4 Å². The van der Waals surface area contributed by atoms with Gasteiger partial charge in [-0.3, -0.25) is 0 Å². The van der Waals surface area contributed by atoms with E-state index in [1.165, 1.54) is 0 Å². The van der Waals surface area contributed by atoms with E-state index in [1.54, 1.807) is 30.3 Å². The van der Waals surface area contributed by atoms with Gasteiger partial charge < -0.3 is 21.1 Å². The molecule has 0 unspecified atom stereocenters. The Morgan fingerprint density at radius 3 is 2.29 bits per heavy atom. The quantitative estimate of drug-likeness (QED) is 0.460. The fraction of sp³-hybridized carbons (Fsp3) is 0. The van der Waals surface area contributed by atoms with Gasteiger partial charge in [0.25, 0.3) is 0 Å². The maximum absolute atomic E-state index is 9.06. The molecule has 0 fully saturated rings. The maximum Gasteiger partial charge on any atom is 0.488 e. The van der Waals surface area contributed by atoms with Crippen LogP contribution in [0, 0.1) is 0 Å². The lowest BCUT2D eigenvalue weighted by Crippen LogP contribution is -2.29. The van der Waals surface area contributed by atoms with Crippen LogP contribution < -0.4 is 16.5 Å². The van der Waals surface area contributed by atoms with Crippen molar-refractivity contribution in [2.24, 2.45) is 0 Å². The first kappa shape index (κ1) is 11.5. The highest BCUT2D eigenvalue weighted by Crippen LogP contribution is 2.16. The number of nitrogen functional groups attached to an aromatic ring is 1. The third kappa shape index (κ3) is 2.99. The fourth-order valence-corrected chi connectivity index (χ4v) is 1.51. The van der Waals surface area contributed by atoms with Crippen LogP contribution in [0.4, 0.5) is 17.1 Å². The van der Waals surface area contributed by atoms with Gasteiger partial charge >= 0.3 is 7.12 Å². The summed E-state index contributed by atoms with van der Waals surface area (Å²) in [5.74, 6) is 0. The molecule has 0 aliphatic carbocycles. The predicted molar refractivity (Wildman–Crippen MR) is 70.4 cm³/mol. The zero-order valence-corrected chi connectivity index (χ0v) is 9.17. The average molecular weight is 228 g/mol. The summed E-state index contributed by atoms with van der Waals surface area (Å²) in [6.45, 7) is 0. The lowest BCUT2D eigenvalue weighted by Gasteiger charge is -2.08. The normalized spacial score (nSPS) is 10.0. The molecule has 5 heteroatoms. The number of hydrogen-bond donors (Lipinski definition) is 4. The number of rotatable bonds is 3. The molecule has 2 aromatic carbocycles. The number of hydrogen-bond acceptors (Lipinski definition) is 4. The van der Waals surface area contributed by atoms with Crippen molar-refractivity contribution in [3.8, 4) is 0 Å². The van der Waals surface area contributed by atoms with Gasteiger partial charge in [-0.15, -0.1) is 0 Å². The Hall–Kier alpha value is -1.98. The Morgan fingerprint density at radius 2 is 1.65 bits per heavy atom. The molecule has 5 N–H and O–H groups in total. The first-order chi connectivity index (χ1) is 8.15. The van der Waals surface area contributed by atoms with Crippen molar-refractivity contribution in [1.82, 2.24) is 0 Å². The van der Waals surface area contributed by atoms with Crippen LogP contribution in [-0.4, -0.2) is 17.2 Å². The lowest BCUT2D eigenvalue weighted by molar-refractivity contribution is 0.426. The van der Waals surface area contributed by atoms with Crippen molar-refractivity contribution in [3.05, 3.63) is 48.5 Å². The van der Waals surface area contributed by atoms with Crippen molar-refractivity contribution in [2.75, 3.05) is 11.1 Å². The Kier molecular flexibility index (Phi) is 3.32. The molecular weight excluding hydrogens is 215 g/mol. The van der Waals surface area contributed by atoms with Crippen LogP contribution in [0.3, 0.4) is 0 Å². The summed E-state index contributed by atoms with van der Waals surface area (Å²) in [5, 5.41) is 21.3. The van der Waals surface area contributed by atoms with Gasteiger partial charge in [-0.05, 0) is 41.9 Å². The monoisotopic (exact) mass is 228 g/mol. The molecule has 0 aliphatic heterocycles. The lowest BCUT2D eigenvalue weighted by atomic mass is 9.80. The van der Waals surface area contributed by atoms with Crippen molar-refractivity contribution in [2.45, 2.75) is 0 Å². The van der Waals surface area contributed by atoms with Crippen LogP contribution >= 0.6 is 0 Å². The number of anilines is 3. The highest BCUT2D eigenvalue weighted by atomic mass is 16.4. The zero-order chi connectivity index (χ0) is 12.3. The second-order valence-electron chi connectivity index (χ2n) is 3.75. The van der Waals surface area contributed by atoms with Crippen LogP contribution in [0.1, 0.15) is 0 Å². The SMILES string of the molecule is Nc1ccc(Nc2cccc(B(O)O)c2)cc1. The van der Waals surface area contributed by atoms with Crippen LogP contribution in [0.5, 0.6) is 0 Å². The van der Waals surface area contributed by atoms with Crippen molar-refractivity contribution < 1.29 is 10.0 Å². The molecule has 2 aromatic rings. The Labute approximate surface area is 99.9 Å². The van der Waals surface area contributed by atoms with E-state index < -0.39 is 7.12 Å². The van der Waals surface area contributed by atoms with Gasteiger partial charge in [0.2, 0.25) is 0 Å². The molecule has 86 valence electrons. The largest absolute Gasteiger partial charge is 0.488 e. The summed E-state index contributed by atoms with van der Waals surface area (Å²) in [7, 11) is -1.46. The van der Waals surface area contributed by atoms with Gasteiger partial charge in [0.15, 0.2) is 0 Å². The second-order valence-corrected chi connectivity index (χ2v) is 3.75. The van der Waals surface area contributed by atoms with E-state index in [0.29, 0.717) is 11.2 Å². The molecule has 4 nitrogen and oxygen atoms in total. The molecule has 0 atom stereocenters. The Morgan fingerprint density at radius 1 is 0.941 bits per heavy atom. The standard InChI is InChI=1S/C12H13BN2O2/c14-10-4-6-11(7-5-10)15-12-3-1-2-9(8-12)13(16)17/h1-8,15-17H,14H2. The van der Waals surface area contributed by atoms with Gasteiger partial charge in [0, 0.05) is 17.1 Å². The molecule has 2 rings (SSSR count). The summed E-state index contributed by atoms with van der Waals surface area (Å²) in [6, 6.07) is 14.3. The highest BCUT2D eigenvalue weighted by molar-refractivity contribution is 6.58. The smallest absolute Gasteiger partial charge is 0.423 e. The molecule has 0 saturated heterocycles. The summed E-state index contributed by atoms with van der Waals surface area (Å²) < 4.78 is 0. The number of nitrogens with one attached hydrogen (secondary N) is 1. The third-order valence-corrected chi connectivity index (χ3v) is 2.38. The maximum atomic E-state index is 9.06. The predicted octanol–water partition coefficient (Wildman–Crippen LogP) is 0.692. The van der Waals surface area contributed by atoms with E-state index in [-0.39, 0.29) is 0 Å². The van der Waals surface area contributed by atoms with Crippen molar-refractivity contribution in [1.29, 1.82) is 0 Å². The molecule has 0 spiro atoms. The summed E-state index contributed by atoms with van der Waals surface area (Å²) in [6.07, 6.45) is 0. The molecule has 0 amide bonds. The number of benzene rings is 2. The van der Waals surface area contributed by atoms with E-state index in [4.69, 9.17) is 15.8 Å². The minimum atomic E-state index is -1.46. The van der Waals surface area contributed by atoms with Gasteiger partial charge in [-0.2, -0.15) is 0 Å². The molecule has 0 aromatic heterocycles. The zero-order valence-electron chi connectivity index (χ0n) is 9.17. The minimum absolute atomic E-state index is 0.449. The second kappa shape index (κ2) is 4.90. The first-order valence-electron chi connectivity index (χ1n) is 5.24. The third-order valence-electron chi connectivity index (χ3n) is 2.38. The molecular formula is C12H13BN2O2. The molecule has 0 heterocycles. The van der Waals surface area contributed by atoms with Crippen molar-refractivity contribution >= 4 is 29.6 Å². The average Bonchev–Trinajstić information content (AvgIpc) is 2.32. The van der Waals surface area contributed by atoms with E-state index in [2.05, 4.69) is 5.32 Å². The summed E-state index contributed by atoms with van der Waals surface area (Å²) >= 11 is 0. The molecule has 0 saturated carbocycles. The van der Waals surface area contributed by atoms with Gasteiger partial charge in [-0.1, -0.05) is 12.1 Å². The Balaban J connectivity index is 2.18. The van der Waals surface area contributed by atoms with Gasteiger partial charge in [-0.25, -0.2) is 0 Å². The first-order valence-corrected chi connectivity index (χ1v) is 5.24. The molecule has 0 bridgehead atoms. The number of nitrogens with two attached hydrogens (primary N) is 1. The fourth-order valence-electron chi connectivity index (χ4n) is 1.51. The molecule has 17 heavy (non-hydrogen) atoms. The van der Waals surface area contributed by atoms with E-state index >= 15 is 0 Å².